The predicted molar refractivity (Wildman–Crippen MR) is 90.7 cm³/mol. The van der Waals surface area contributed by atoms with Crippen LogP contribution in [0.2, 0.25) is 0 Å². The first-order valence-electron chi connectivity index (χ1n) is 7.99. The molecule has 1 N–H and O–H groups in total. The van der Waals surface area contributed by atoms with Gasteiger partial charge in [0.05, 0.1) is 6.42 Å². The van der Waals surface area contributed by atoms with Crippen molar-refractivity contribution in [2.24, 2.45) is 0 Å². The molecular formula is C19H19F2NO4. The molecule has 138 valence electrons. The molecule has 5 nitrogen and oxygen atoms in total. The van der Waals surface area contributed by atoms with Crippen molar-refractivity contribution in [3.63, 3.8) is 0 Å². The molecule has 0 aliphatic carbocycles. The van der Waals surface area contributed by atoms with Crippen LogP contribution in [0.15, 0.2) is 42.5 Å². The average molecular weight is 363 g/mol. The van der Waals surface area contributed by atoms with Gasteiger partial charge in [-0.3, -0.25) is 9.59 Å². The van der Waals surface area contributed by atoms with Crippen molar-refractivity contribution in [3.8, 4) is 5.75 Å². The lowest BCUT2D eigenvalue weighted by atomic mass is 10.2. The van der Waals surface area contributed by atoms with Crippen molar-refractivity contribution in [2.45, 2.75) is 19.9 Å². The molecule has 7 heteroatoms. The van der Waals surface area contributed by atoms with Crippen LogP contribution in [0.25, 0.3) is 0 Å². The van der Waals surface area contributed by atoms with Crippen LogP contribution in [0, 0.1) is 18.6 Å². The van der Waals surface area contributed by atoms with E-state index in [-0.39, 0.29) is 31.7 Å². The van der Waals surface area contributed by atoms with Gasteiger partial charge in [0.25, 0.3) is 5.91 Å². The zero-order chi connectivity index (χ0) is 19.1. The number of nitrogens with zero attached hydrogens (tertiary/aromatic N) is 1. The highest BCUT2D eigenvalue weighted by Gasteiger charge is 2.19. The maximum absolute atomic E-state index is 13.9. The number of carboxylic acids is 1. The summed E-state index contributed by atoms with van der Waals surface area (Å²) >= 11 is 0. The minimum Gasteiger partial charge on any atom is -0.484 e. The molecule has 2 aromatic carbocycles. The Kier molecular flexibility index (Phi) is 6.66. The van der Waals surface area contributed by atoms with E-state index in [0.29, 0.717) is 5.75 Å². The zero-order valence-corrected chi connectivity index (χ0v) is 14.2. The number of halogens is 2. The third kappa shape index (κ3) is 5.27. The molecule has 0 aromatic heterocycles. The molecular weight excluding hydrogens is 344 g/mol. The number of hydrogen-bond donors (Lipinski definition) is 1. The van der Waals surface area contributed by atoms with Crippen LogP contribution in [0.1, 0.15) is 17.5 Å². The van der Waals surface area contributed by atoms with Crippen LogP contribution in [0.4, 0.5) is 8.78 Å². The fraction of sp³-hybridized carbons (Fsp3) is 0.263. The Balaban J connectivity index is 2.10. The summed E-state index contributed by atoms with van der Waals surface area (Å²) in [5.41, 5.74) is 0.813. The molecule has 2 aromatic rings. The molecule has 0 radical (unpaired) electrons. The SMILES string of the molecule is Cc1ccccc1OCC(=O)N(CCC(=O)O)Cc1cccc(F)c1F. The summed E-state index contributed by atoms with van der Waals surface area (Å²) in [5.74, 6) is -3.17. The van der Waals surface area contributed by atoms with E-state index >= 15 is 0 Å². The molecule has 0 aliphatic rings. The topological polar surface area (TPSA) is 66.8 Å². The van der Waals surface area contributed by atoms with Gasteiger partial charge in [-0.1, -0.05) is 30.3 Å². The summed E-state index contributed by atoms with van der Waals surface area (Å²) in [7, 11) is 0. The Morgan fingerprint density at radius 2 is 1.85 bits per heavy atom. The standard InChI is InChI=1S/C19H19F2NO4/c1-13-5-2-3-8-16(13)26-12-17(23)22(10-9-18(24)25)11-14-6-4-7-15(20)19(14)21/h2-8H,9-12H2,1H3,(H,24,25). The Bertz CT molecular complexity index is 795. The minimum atomic E-state index is -1.10. The van der Waals surface area contributed by atoms with Crippen molar-refractivity contribution < 1.29 is 28.2 Å². The highest BCUT2D eigenvalue weighted by atomic mass is 19.2. The van der Waals surface area contributed by atoms with E-state index in [2.05, 4.69) is 0 Å². The first-order valence-corrected chi connectivity index (χ1v) is 7.99. The van der Waals surface area contributed by atoms with E-state index < -0.39 is 23.5 Å². The molecule has 0 fully saturated rings. The van der Waals surface area contributed by atoms with E-state index in [9.17, 15) is 18.4 Å². The number of aryl methyl sites for hydroxylation is 1. The Morgan fingerprint density at radius 3 is 2.54 bits per heavy atom. The van der Waals surface area contributed by atoms with Crippen LogP contribution < -0.4 is 4.74 Å². The lowest BCUT2D eigenvalue weighted by molar-refractivity contribution is -0.139. The smallest absolute Gasteiger partial charge is 0.305 e. The van der Waals surface area contributed by atoms with Crippen molar-refractivity contribution in [3.05, 3.63) is 65.2 Å². The maximum atomic E-state index is 13.9. The van der Waals surface area contributed by atoms with Crippen LogP contribution >= 0.6 is 0 Å². The van der Waals surface area contributed by atoms with Crippen LogP contribution in [0.3, 0.4) is 0 Å². The van der Waals surface area contributed by atoms with Gasteiger partial charge < -0.3 is 14.7 Å². The monoisotopic (exact) mass is 363 g/mol. The lowest BCUT2D eigenvalue weighted by Gasteiger charge is -2.23. The van der Waals surface area contributed by atoms with Crippen LogP contribution in [-0.4, -0.2) is 35.0 Å². The first-order chi connectivity index (χ1) is 12.4. The minimum absolute atomic E-state index is 0.0281. The normalized spacial score (nSPS) is 10.4. The number of amides is 1. The van der Waals surface area contributed by atoms with E-state index in [4.69, 9.17) is 9.84 Å². The van der Waals surface area contributed by atoms with Crippen LogP contribution in [0.5, 0.6) is 5.75 Å². The number of para-hydroxylation sites is 1. The molecule has 1 amide bonds. The summed E-state index contributed by atoms with van der Waals surface area (Å²) in [5, 5.41) is 8.85. The number of benzene rings is 2. The second-order valence-corrected chi connectivity index (χ2v) is 5.73. The van der Waals surface area contributed by atoms with E-state index in [1.807, 2.05) is 19.1 Å². The van der Waals surface area contributed by atoms with Gasteiger partial charge >= 0.3 is 5.97 Å². The van der Waals surface area contributed by atoms with Crippen LogP contribution in [-0.2, 0) is 16.1 Å². The summed E-state index contributed by atoms with van der Waals surface area (Å²) < 4.78 is 32.7. The fourth-order valence-corrected chi connectivity index (χ4v) is 2.35. The lowest BCUT2D eigenvalue weighted by Crippen LogP contribution is -2.36. The van der Waals surface area contributed by atoms with Gasteiger partial charge in [0.2, 0.25) is 0 Å². The number of hydrogen-bond acceptors (Lipinski definition) is 3. The average Bonchev–Trinajstić information content (AvgIpc) is 2.61. The van der Waals surface area contributed by atoms with Crippen molar-refractivity contribution in [2.75, 3.05) is 13.2 Å². The van der Waals surface area contributed by atoms with E-state index in [0.717, 1.165) is 16.5 Å². The number of carbonyl (C=O) groups excluding carboxylic acids is 1. The summed E-state index contributed by atoms with van der Waals surface area (Å²) in [4.78, 5) is 24.4. The third-order valence-electron chi connectivity index (χ3n) is 3.79. The quantitative estimate of drug-likeness (QED) is 0.782. The Hall–Kier alpha value is -2.96. The number of rotatable bonds is 8. The highest BCUT2D eigenvalue weighted by Crippen LogP contribution is 2.17. The maximum Gasteiger partial charge on any atom is 0.305 e. The Labute approximate surface area is 149 Å². The molecule has 26 heavy (non-hydrogen) atoms. The van der Waals surface area contributed by atoms with Gasteiger partial charge in [0.1, 0.15) is 5.75 Å². The number of carbonyl (C=O) groups is 2. The molecule has 0 unspecified atom stereocenters. The zero-order valence-electron chi connectivity index (χ0n) is 14.2. The van der Waals surface area contributed by atoms with Crippen molar-refractivity contribution in [1.82, 2.24) is 4.90 Å². The molecule has 2 rings (SSSR count). The van der Waals surface area contributed by atoms with Gasteiger partial charge in [-0.05, 0) is 24.6 Å². The molecule has 0 heterocycles. The van der Waals surface area contributed by atoms with Gasteiger partial charge in [0.15, 0.2) is 18.2 Å². The molecule has 0 atom stereocenters. The van der Waals surface area contributed by atoms with Gasteiger partial charge in [-0.25, -0.2) is 8.78 Å². The number of ether oxygens (including phenoxy) is 1. The summed E-state index contributed by atoms with van der Waals surface area (Å²) in [6, 6.07) is 10.8. The molecule has 0 spiro atoms. The predicted octanol–water partition coefficient (Wildman–Crippen LogP) is 3.16. The second kappa shape index (κ2) is 8.94. The molecule has 0 bridgehead atoms. The number of carboxylic acid groups (broad SMARTS) is 1. The van der Waals surface area contributed by atoms with E-state index in [1.165, 1.54) is 12.1 Å². The van der Waals surface area contributed by atoms with Crippen molar-refractivity contribution in [1.29, 1.82) is 0 Å². The van der Waals surface area contributed by atoms with Gasteiger partial charge in [-0.2, -0.15) is 0 Å². The summed E-state index contributed by atoms with van der Waals surface area (Å²) in [6.07, 6.45) is -0.312. The van der Waals surface area contributed by atoms with E-state index in [1.54, 1.807) is 12.1 Å². The third-order valence-corrected chi connectivity index (χ3v) is 3.79. The second-order valence-electron chi connectivity index (χ2n) is 5.73. The number of aliphatic carboxylic acids is 1. The highest BCUT2D eigenvalue weighted by molar-refractivity contribution is 5.78. The summed E-state index contributed by atoms with van der Waals surface area (Å²) in [6.45, 7) is 1.11. The Morgan fingerprint density at radius 1 is 1.12 bits per heavy atom. The largest absolute Gasteiger partial charge is 0.484 e. The molecule has 0 saturated carbocycles. The molecule has 0 saturated heterocycles. The van der Waals surface area contributed by atoms with Crippen molar-refractivity contribution >= 4 is 11.9 Å². The fourth-order valence-electron chi connectivity index (χ4n) is 2.35. The molecule has 0 aliphatic heterocycles. The first kappa shape index (κ1) is 19.4. The van der Waals surface area contributed by atoms with Gasteiger partial charge in [-0.15, -0.1) is 0 Å². The van der Waals surface area contributed by atoms with Gasteiger partial charge in [0, 0.05) is 18.7 Å².